The number of nitro benzene ring substituents is 1. The molecule has 0 amide bonds. The number of nitrogens with one attached hydrogen (secondary N) is 1. The SMILES string of the molecule is C#CC(CCC)NCc1cc([N+](=O)[O-])ccc1Cl. The molecule has 0 radical (unpaired) electrons. The average Bonchev–Trinajstić information content (AvgIpc) is 2.35. The van der Waals surface area contributed by atoms with Crippen LogP contribution in [-0.2, 0) is 6.54 Å². The van der Waals surface area contributed by atoms with E-state index in [1.54, 1.807) is 0 Å². The maximum absolute atomic E-state index is 10.7. The fourth-order valence-corrected chi connectivity index (χ4v) is 1.76. The van der Waals surface area contributed by atoms with Gasteiger partial charge in [0.25, 0.3) is 5.69 Å². The lowest BCUT2D eigenvalue weighted by atomic mass is 10.1. The van der Waals surface area contributed by atoms with Crippen molar-refractivity contribution in [1.82, 2.24) is 5.32 Å². The predicted octanol–water partition coefficient (Wildman–Crippen LogP) is 3.14. The monoisotopic (exact) mass is 266 g/mol. The molecular weight excluding hydrogens is 252 g/mol. The normalized spacial score (nSPS) is 11.8. The Hall–Kier alpha value is -1.57. The summed E-state index contributed by atoms with van der Waals surface area (Å²) in [5.74, 6) is 2.64. The molecule has 18 heavy (non-hydrogen) atoms. The van der Waals surface area contributed by atoms with Gasteiger partial charge >= 0.3 is 0 Å². The predicted molar refractivity (Wildman–Crippen MR) is 72.5 cm³/mol. The minimum Gasteiger partial charge on any atom is -0.300 e. The second-order valence-corrected chi connectivity index (χ2v) is 4.33. The van der Waals surface area contributed by atoms with Gasteiger partial charge in [0, 0.05) is 23.7 Å². The highest BCUT2D eigenvalue weighted by Crippen LogP contribution is 2.22. The summed E-state index contributed by atoms with van der Waals surface area (Å²) >= 11 is 5.99. The van der Waals surface area contributed by atoms with Crippen molar-refractivity contribution in [3.63, 3.8) is 0 Å². The molecule has 1 atom stereocenters. The molecule has 1 aromatic rings. The van der Waals surface area contributed by atoms with Gasteiger partial charge in [-0.2, -0.15) is 0 Å². The summed E-state index contributed by atoms with van der Waals surface area (Å²) in [7, 11) is 0. The first kappa shape index (κ1) is 14.5. The average molecular weight is 267 g/mol. The van der Waals surface area contributed by atoms with Gasteiger partial charge in [0.15, 0.2) is 0 Å². The Morgan fingerprint density at radius 2 is 2.33 bits per heavy atom. The highest BCUT2D eigenvalue weighted by Gasteiger charge is 2.10. The third-order valence-corrected chi connectivity index (χ3v) is 2.93. The van der Waals surface area contributed by atoms with Gasteiger partial charge < -0.3 is 0 Å². The summed E-state index contributed by atoms with van der Waals surface area (Å²) in [6, 6.07) is 4.35. The Labute approximate surface area is 111 Å². The van der Waals surface area contributed by atoms with Crippen molar-refractivity contribution >= 4 is 17.3 Å². The third kappa shape index (κ3) is 4.02. The van der Waals surface area contributed by atoms with Gasteiger partial charge in [0.05, 0.1) is 11.0 Å². The van der Waals surface area contributed by atoms with E-state index in [4.69, 9.17) is 18.0 Å². The van der Waals surface area contributed by atoms with Gasteiger partial charge in [-0.1, -0.05) is 30.9 Å². The van der Waals surface area contributed by atoms with E-state index in [1.165, 1.54) is 18.2 Å². The molecule has 1 N–H and O–H groups in total. The first-order valence-corrected chi connectivity index (χ1v) is 6.08. The van der Waals surface area contributed by atoms with Crippen molar-refractivity contribution < 1.29 is 4.92 Å². The molecule has 0 bridgehead atoms. The fraction of sp³-hybridized carbons (Fsp3) is 0.385. The zero-order valence-corrected chi connectivity index (χ0v) is 10.9. The summed E-state index contributed by atoms with van der Waals surface area (Å²) < 4.78 is 0. The summed E-state index contributed by atoms with van der Waals surface area (Å²) in [4.78, 5) is 10.2. The Morgan fingerprint density at radius 1 is 1.61 bits per heavy atom. The molecule has 0 saturated carbocycles. The van der Waals surface area contributed by atoms with Crippen LogP contribution in [-0.4, -0.2) is 11.0 Å². The Morgan fingerprint density at radius 3 is 2.89 bits per heavy atom. The van der Waals surface area contributed by atoms with Crippen LogP contribution in [0.25, 0.3) is 0 Å². The number of terminal acetylenes is 1. The van der Waals surface area contributed by atoms with Crippen LogP contribution in [0.15, 0.2) is 18.2 Å². The Bertz CT molecular complexity index is 469. The highest BCUT2D eigenvalue weighted by molar-refractivity contribution is 6.31. The number of halogens is 1. The summed E-state index contributed by atoms with van der Waals surface area (Å²) in [6.45, 7) is 2.47. The van der Waals surface area contributed by atoms with Gasteiger partial charge in [0.2, 0.25) is 0 Å². The molecule has 0 saturated heterocycles. The van der Waals surface area contributed by atoms with Gasteiger partial charge in [-0.25, -0.2) is 0 Å². The van der Waals surface area contributed by atoms with Crippen LogP contribution in [0.2, 0.25) is 5.02 Å². The summed E-state index contributed by atoms with van der Waals surface area (Å²) in [5, 5.41) is 14.3. The molecule has 1 rings (SSSR count). The number of nitro groups is 1. The van der Waals surface area contributed by atoms with Crippen molar-refractivity contribution in [2.45, 2.75) is 32.4 Å². The minimum atomic E-state index is -0.440. The first-order chi connectivity index (χ1) is 8.58. The third-order valence-electron chi connectivity index (χ3n) is 2.56. The molecule has 0 aliphatic rings. The van der Waals surface area contributed by atoms with Crippen LogP contribution in [0, 0.1) is 22.5 Å². The summed E-state index contributed by atoms with van der Waals surface area (Å²) in [5.41, 5.74) is 0.714. The van der Waals surface area contributed by atoms with E-state index in [0.29, 0.717) is 17.1 Å². The van der Waals surface area contributed by atoms with Crippen molar-refractivity contribution in [1.29, 1.82) is 0 Å². The second-order valence-electron chi connectivity index (χ2n) is 3.92. The Balaban J connectivity index is 2.75. The number of hydrogen-bond donors (Lipinski definition) is 1. The number of rotatable bonds is 6. The van der Waals surface area contributed by atoms with Crippen molar-refractivity contribution in [3.05, 3.63) is 38.9 Å². The van der Waals surface area contributed by atoms with Crippen LogP contribution in [0.4, 0.5) is 5.69 Å². The van der Waals surface area contributed by atoms with Crippen molar-refractivity contribution in [3.8, 4) is 12.3 Å². The van der Waals surface area contributed by atoms with Crippen molar-refractivity contribution in [2.24, 2.45) is 0 Å². The molecule has 0 aromatic heterocycles. The molecule has 0 fully saturated rings. The topological polar surface area (TPSA) is 55.2 Å². The van der Waals surface area contributed by atoms with Crippen LogP contribution in [0.3, 0.4) is 0 Å². The van der Waals surface area contributed by atoms with Crippen LogP contribution in [0.1, 0.15) is 25.3 Å². The lowest BCUT2D eigenvalue weighted by Gasteiger charge is -2.12. The molecule has 5 heteroatoms. The zero-order chi connectivity index (χ0) is 13.5. The van der Waals surface area contributed by atoms with Crippen LogP contribution >= 0.6 is 11.6 Å². The molecule has 0 heterocycles. The molecular formula is C13H15ClN2O2. The van der Waals surface area contributed by atoms with E-state index in [1.807, 2.05) is 6.92 Å². The smallest absolute Gasteiger partial charge is 0.269 e. The van der Waals surface area contributed by atoms with E-state index in [-0.39, 0.29) is 11.7 Å². The van der Waals surface area contributed by atoms with E-state index >= 15 is 0 Å². The number of benzene rings is 1. The molecule has 0 spiro atoms. The molecule has 1 aromatic carbocycles. The highest BCUT2D eigenvalue weighted by atomic mass is 35.5. The van der Waals surface area contributed by atoms with Crippen molar-refractivity contribution in [2.75, 3.05) is 0 Å². The molecule has 4 nitrogen and oxygen atoms in total. The number of hydrogen-bond acceptors (Lipinski definition) is 3. The maximum Gasteiger partial charge on any atom is 0.269 e. The molecule has 1 unspecified atom stereocenters. The largest absolute Gasteiger partial charge is 0.300 e. The second kappa shape index (κ2) is 7.00. The standard InChI is InChI=1S/C13H15ClN2O2/c1-3-5-11(4-2)15-9-10-8-12(16(17)18)6-7-13(10)14/h2,6-8,11,15H,3,5,9H2,1H3. The van der Waals surface area contributed by atoms with E-state index in [2.05, 4.69) is 11.2 Å². The number of nitrogens with zero attached hydrogens (tertiary/aromatic N) is 1. The van der Waals surface area contributed by atoms with Crippen LogP contribution < -0.4 is 5.32 Å². The first-order valence-electron chi connectivity index (χ1n) is 5.70. The number of non-ortho nitro benzene ring substituents is 1. The van der Waals surface area contributed by atoms with E-state index in [9.17, 15) is 10.1 Å². The quantitative estimate of drug-likeness (QED) is 0.489. The van der Waals surface area contributed by atoms with Crippen LogP contribution in [0.5, 0.6) is 0 Å². The Kier molecular flexibility index (Phi) is 5.63. The maximum atomic E-state index is 10.7. The van der Waals surface area contributed by atoms with Gasteiger partial charge in [-0.15, -0.1) is 6.42 Å². The van der Waals surface area contributed by atoms with Gasteiger partial charge in [-0.3, -0.25) is 15.4 Å². The zero-order valence-electron chi connectivity index (χ0n) is 10.1. The molecule has 0 aliphatic heterocycles. The van der Waals surface area contributed by atoms with E-state index in [0.717, 1.165) is 12.8 Å². The van der Waals surface area contributed by atoms with Gasteiger partial charge in [-0.05, 0) is 18.1 Å². The van der Waals surface area contributed by atoms with E-state index < -0.39 is 4.92 Å². The lowest BCUT2D eigenvalue weighted by molar-refractivity contribution is -0.384. The fourth-order valence-electron chi connectivity index (χ4n) is 1.58. The molecule has 96 valence electrons. The lowest BCUT2D eigenvalue weighted by Crippen LogP contribution is -2.26. The minimum absolute atomic E-state index is 0.0314. The summed E-state index contributed by atoms with van der Waals surface area (Å²) in [6.07, 6.45) is 7.23. The van der Waals surface area contributed by atoms with Gasteiger partial charge in [0.1, 0.15) is 0 Å². The molecule has 0 aliphatic carbocycles.